The molecule has 1 fully saturated rings. The van der Waals surface area contributed by atoms with E-state index in [1.807, 2.05) is 6.07 Å². The van der Waals surface area contributed by atoms with E-state index in [9.17, 15) is 14.4 Å². The monoisotopic (exact) mass is 409 g/mol. The largest absolute Gasteiger partial charge is 0.349 e. The first kappa shape index (κ1) is 19.5. The Labute approximate surface area is 173 Å². The van der Waals surface area contributed by atoms with E-state index in [0.29, 0.717) is 34.7 Å². The highest BCUT2D eigenvalue weighted by Crippen LogP contribution is 2.31. The van der Waals surface area contributed by atoms with Crippen LogP contribution in [0.2, 0.25) is 0 Å². The maximum Gasteiger partial charge on any atom is 0.255 e. The molecule has 6 nitrogen and oxygen atoms in total. The number of rotatable bonds is 4. The molecule has 0 saturated heterocycles. The highest BCUT2D eigenvalue weighted by Gasteiger charge is 2.21. The van der Waals surface area contributed by atoms with Crippen LogP contribution >= 0.6 is 11.8 Å². The van der Waals surface area contributed by atoms with Crippen LogP contribution in [0.15, 0.2) is 47.4 Å². The van der Waals surface area contributed by atoms with Gasteiger partial charge in [-0.3, -0.25) is 14.4 Å². The van der Waals surface area contributed by atoms with Crippen molar-refractivity contribution in [3.63, 3.8) is 0 Å². The second kappa shape index (κ2) is 8.69. The van der Waals surface area contributed by atoms with E-state index in [0.717, 1.165) is 30.6 Å². The summed E-state index contributed by atoms with van der Waals surface area (Å²) in [5.74, 6) is 0.173. The maximum absolute atomic E-state index is 12.8. The van der Waals surface area contributed by atoms with Crippen molar-refractivity contribution >= 4 is 40.9 Å². The van der Waals surface area contributed by atoms with Crippen molar-refractivity contribution in [2.24, 2.45) is 0 Å². The van der Waals surface area contributed by atoms with E-state index in [4.69, 9.17) is 0 Å². The highest BCUT2D eigenvalue weighted by molar-refractivity contribution is 7.99. The van der Waals surface area contributed by atoms with Crippen LogP contribution in [0.1, 0.15) is 52.8 Å². The van der Waals surface area contributed by atoms with Gasteiger partial charge in [0.1, 0.15) is 0 Å². The van der Waals surface area contributed by atoms with Crippen molar-refractivity contribution in [3.05, 3.63) is 53.6 Å². The lowest BCUT2D eigenvalue weighted by atomic mass is 10.1. The Hall–Kier alpha value is -2.80. The highest BCUT2D eigenvalue weighted by atomic mass is 32.2. The van der Waals surface area contributed by atoms with Gasteiger partial charge in [-0.25, -0.2) is 0 Å². The summed E-state index contributed by atoms with van der Waals surface area (Å²) >= 11 is 1.59. The van der Waals surface area contributed by atoms with E-state index in [1.54, 1.807) is 48.2 Å². The number of hydrogen-bond donors (Lipinski definition) is 3. The molecule has 1 saturated carbocycles. The average Bonchev–Trinajstić information content (AvgIpc) is 3.14. The molecule has 7 heteroatoms. The summed E-state index contributed by atoms with van der Waals surface area (Å²) in [5.41, 5.74) is 2.00. The van der Waals surface area contributed by atoms with Crippen LogP contribution in [0.4, 0.5) is 11.4 Å². The van der Waals surface area contributed by atoms with Crippen LogP contribution < -0.4 is 16.0 Å². The SMILES string of the molecule is O=C1CCSc2ccc(C(=O)Nc3ccccc3C(=O)NC3CCCC3)cc2N1. The number of nitrogens with one attached hydrogen (secondary N) is 3. The summed E-state index contributed by atoms with van der Waals surface area (Å²) in [6.07, 6.45) is 4.72. The van der Waals surface area contributed by atoms with Gasteiger partial charge in [-0.15, -0.1) is 11.8 Å². The second-order valence-corrected chi connectivity index (χ2v) is 8.45. The predicted molar refractivity (Wildman–Crippen MR) is 115 cm³/mol. The molecule has 0 spiro atoms. The molecule has 0 atom stereocenters. The van der Waals surface area contributed by atoms with Crippen molar-refractivity contribution in [1.29, 1.82) is 0 Å². The summed E-state index contributed by atoms with van der Waals surface area (Å²) in [6, 6.07) is 12.5. The van der Waals surface area contributed by atoms with Gasteiger partial charge in [0.05, 0.1) is 16.9 Å². The molecule has 4 rings (SSSR count). The number of anilines is 2. The normalized spacial score (nSPS) is 16.5. The molecule has 0 bridgehead atoms. The van der Waals surface area contributed by atoms with Gasteiger partial charge in [-0.2, -0.15) is 0 Å². The fraction of sp³-hybridized carbons (Fsp3) is 0.318. The van der Waals surface area contributed by atoms with Crippen LogP contribution in [0.3, 0.4) is 0 Å². The van der Waals surface area contributed by atoms with Gasteiger partial charge in [0.2, 0.25) is 5.91 Å². The molecule has 1 heterocycles. The first-order chi connectivity index (χ1) is 14.1. The minimum Gasteiger partial charge on any atom is -0.349 e. The first-order valence-electron chi connectivity index (χ1n) is 9.88. The third kappa shape index (κ3) is 4.62. The number of amides is 3. The second-order valence-electron chi connectivity index (χ2n) is 7.31. The van der Waals surface area contributed by atoms with E-state index < -0.39 is 0 Å². The van der Waals surface area contributed by atoms with Gasteiger partial charge in [0.15, 0.2) is 0 Å². The molecular formula is C22H23N3O3S. The van der Waals surface area contributed by atoms with Crippen molar-refractivity contribution in [3.8, 4) is 0 Å². The molecular weight excluding hydrogens is 386 g/mol. The van der Waals surface area contributed by atoms with E-state index in [2.05, 4.69) is 16.0 Å². The predicted octanol–water partition coefficient (Wildman–Crippen LogP) is 4.05. The van der Waals surface area contributed by atoms with E-state index >= 15 is 0 Å². The van der Waals surface area contributed by atoms with Crippen LogP contribution in [-0.4, -0.2) is 29.5 Å². The number of benzene rings is 2. The van der Waals surface area contributed by atoms with Gasteiger partial charge in [0.25, 0.3) is 11.8 Å². The molecule has 1 aliphatic heterocycles. The Kier molecular flexibility index (Phi) is 5.85. The first-order valence-corrected chi connectivity index (χ1v) is 10.9. The molecule has 3 N–H and O–H groups in total. The fourth-order valence-corrected chi connectivity index (χ4v) is 4.62. The Morgan fingerprint density at radius 1 is 1.03 bits per heavy atom. The van der Waals surface area contributed by atoms with Gasteiger partial charge >= 0.3 is 0 Å². The number of carbonyl (C=O) groups is 3. The summed E-state index contributed by atoms with van der Waals surface area (Å²) in [7, 11) is 0. The molecule has 2 aliphatic rings. The summed E-state index contributed by atoms with van der Waals surface area (Å²) in [4.78, 5) is 38.3. The molecule has 0 radical (unpaired) electrons. The zero-order chi connectivity index (χ0) is 20.2. The summed E-state index contributed by atoms with van der Waals surface area (Å²) in [6.45, 7) is 0. The topological polar surface area (TPSA) is 87.3 Å². The summed E-state index contributed by atoms with van der Waals surface area (Å²) in [5, 5.41) is 8.76. The average molecular weight is 410 g/mol. The van der Waals surface area contributed by atoms with Crippen LogP contribution in [0, 0.1) is 0 Å². The number of para-hydroxylation sites is 1. The third-order valence-electron chi connectivity index (χ3n) is 5.21. The molecule has 150 valence electrons. The quantitative estimate of drug-likeness (QED) is 0.711. The molecule has 3 amide bonds. The Balaban J connectivity index is 1.51. The van der Waals surface area contributed by atoms with Crippen molar-refractivity contribution in [2.75, 3.05) is 16.4 Å². The fourth-order valence-electron chi connectivity index (χ4n) is 3.68. The lowest BCUT2D eigenvalue weighted by molar-refractivity contribution is -0.115. The number of hydrogen-bond acceptors (Lipinski definition) is 4. The van der Waals surface area contributed by atoms with Gasteiger partial charge < -0.3 is 16.0 Å². The van der Waals surface area contributed by atoms with Crippen LogP contribution in [0.25, 0.3) is 0 Å². The zero-order valence-electron chi connectivity index (χ0n) is 16.0. The Bertz CT molecular complexity index is 954. The van der Waals surface area contributed by atoms with Crippen LogP contribution in [-0.2, 0) is 4.79 Å². The van der Waals surface area contributed by atoms with E-state index in [-0.39, 0.29) is 23.8 Å². The number of fused-ring (bicyclic) bond motifs is 1. The molecule has 1 aliphatic carbocycles. The summed E-state index contributed by atoms with van der Waals surface area (Å²) < 4.78 is 0. The lowest BCUT2D eigenvalue weighted by Gasteiger charge is -2.15. The maximum atomic E-state index is 12.8. The number of thioether (sulfide) groups is 1. The standard InChI is InChI=1S/C22H23N3O3S/c26-20-11-12-29-19-10-9-14(13-18(19)24-20)21(27)25-17-8-4-3-7-16(17)22(28)23-15-5-1-2-6-15/h3-4,7-10,13,15H,1-2,5-6,11-12H2,(H,23,28)(H,24,26)(H,25,27). The number of carbonyl (C=O) groups excluding carboxylic acids is 3. The zero-order valence-corrected chi connectivity index (χ0v) is 16.8. The smallest absolute Gasteiger partial charge is 0.255 e. The Morgan fingerprint density at radius 2 is 1.83 bits per heavy atom. The van der Waals surface area contributed by atoms with E-state index in [1.165, 1.54) is 0 Å². The molecule has 29 heavy (non-hydrogen) atoms. The molecule has 0 aromatic heterocycles. The van der Waals surface area contributed by atoms with Crippen molar-refractivity contribution in [1.82, 2.24) is 5.32 Å². The third-order valence-corrected chi connectivity index (χ3v) is 6.29. The Morgan fingerprint density at radius 3 is 2.66 bits per heavy atom. The van der Waals surface area contributed by atoms with Gasteiger partial charge in [-0.1, -0.05) is 25.0 Å². The van der Waals surface area contributed by atoms with Crippen LogP contribution in [0.5, 0.6) is 0 Å². The molecule has 0 unspecified atom stereocenters. The lowest BCUT2D eigenvalue weighted by Crippen LogP contribution is -2.33. The minimum atomic E-state index is -0.322. The molecule has 2 aromatic carbocycles. The van der Waals surface area contributed by atoms with Gasteiger partial charge in [0, 0.05) is 28.7 Å². The van der Waals surface area contributed by atoms with Crippen molar-refractivity contribution < 1.29 is 14.4 Å². The minimum absolute atomic E-state index is 0.0530. The van der Waals surface area contributed by atoms with Gasteiger partial charge in [-0.05, 0) is 43.2 Å². The van der Waals surface area contributed by atoms with Crippen molar-refractivity contribution in [2.45, 2.75) is 43.0 Å². The molecule has 2 aromatic rings.